The van der Waals surface area contributed by atoms with E-state index in [9.17, 15) is 0 Å². The minimum absolute atomic E-state index is 1.10. The van der Waals surface area contributed by atoms with E-state index in [1.165, 1.54) is 98.4 Å². The minimum Gasteiger partial charge on any atom is -0.310 e. The van der Waals surface area contributed by atoms with Gasteiger partial charge in [0.05, 0.1) is 5.69 Å². The largest absolute Gasteiger partial charge is 0.310 e. The molecule has 0 aliphatic rings. The van der Waals surface area contributed by atoms with Crippen molar-refractivity contribution in [2.24, 2.45) is 0 Å². The van der Waals surface area contributed by atoms with Gasteiger partial charge < -0.3 is 4.90 Å². The molecule has 0 aromatic heterocycles. The molecule has 0 fully saturated rings. The monoisotopic (exact) mass is 799 g/mol. The third kappa shape index (κ3) is 6.42. The average Bonchev–Trinajstić information content (AvgIpc) is 3.36. The number of hydrogen-bond acceptors (Lipinski definition) is 1. The first kappa shape index (κ1) is 36.6. The van der Waals surface area contributed by atoms with Crippen LogP contribution >= 0.6 is 0 Å². The van der Waals surface area contributed by atoms with Gasteiger partial charge in [-0.1, -0.05) is 206 Å². The molecule has 1 heteroatoms. The fraction of sp³-hybridized carbons (Fsp3) is 0. The van der Waals surface area contributed by atoms with E-state index < -0.39 is 0 Å². The molecule has 0 amide bonds. The topological polar surface area (TPSA) is 3.24 Å². The highest BCUT2D eigenvalue weighted by molar-refractivity contribution is 6.22. The lowest BCUT2D eigenvalue weighted by molar-refractivity contribution is 1.30. The van der Waals surface area contributed by atoms with Crippen LogP contribution in [0.5, 0.6) is 0 Å². The van der Waals surface area contributed by atoms with Gasteiger partial charge in [0, 0.05) is 16.8 Å². The first-order chi connectivity index (χ1) is 31.2. The zero-order valence-electron chi connectivity index (χ0n) is 34.6. The Morgan fingerprint density at radius 2 is 0.698 bits per heavy atom. The summed E-state index contributed by atoms with van der Waals surface area (Å²) in [7, 11) is 0. The highest BCUT2D eigenvalue weighted by Crippen LogP contribution is 2.46. The molecule has 0 aliphatic carbocycles. The van der Waals surface area contributed by atoms with Crippen LogP contribution in [0.3, 0.4) is 0 Å². The summed E-state index contributed by atoms with van der Waals surface area (Å²) in [4.78, 5) is 2.43. The van der Waals surface area contributed by atoms with Crippen molar-refractivity contribution in [1.29, 1.82) is 0 Å². The molecule has 63 heavy (non-hydrogen) atoms. The van der Waals surface area contributed by atoms with Crippen molar-refractivity contribution in [3.63, 3.8) is 0 Å². The second-order valence-electron chi connectivity index (χ2n) is 16.4. The van der Waals surface area contributed by atoms with Crippen LogP contribution in [0.15, 0.2) is 249 Å². The summed E-state index contributed by atoms with van der Waals surface area (Å²) in [6.07, 6.45) is 0. The summed E-state index contributed by atoms with van der Waals surface area (Å²) in [5.74, 6) is 0. The highest BCUT2D eigenvalue weighted by atomic mass is 15.1. The summed E-state index contributed by atoms with van der Waals surface area (Å²) in [5, 5.41) is 12.5. The van der Waals surface area contributed by atoms with E-state index in [-0.39, 0.29) is 0 Å². The maximum Gasteiger partial charge on any atom is 0.0540 e. The van der Waals surface area contributed by atoms with Gasteiger partial charge in [-0.05, 0) is 135 Å². The predicted molar refractivity (Wildman–Crippen MR) is 270 cm³/mol. The summed E-state index contributed by atoms with van der Waals surface area (Å²) in [6.45, 7) is 0. The van der Waals surface area contributed by atoms with Crippen LogP contribution in [0.25, 0.3) is 98.4 Å². The number of rotatable bonds is 7. The molecule has 0 aliphatic heterocycles. The van der Waals surface area contributed by atoms with Crippen LogP contribution in [-0.2, 0) is 0 Å². The standard InChI is InChI=1S/C62H41N/c1-3-17-45(18-4-1)61-58-26-12-11-25-55(58)56-37-34-50(41-59(56)62(61)46-19-5-2-6-20-46)43-31-35-51(36-32-43)63(60-28-14-27-54-53-24-10-9-16-44(53)33-38-57(54)60)52-23-13-22-48(40-52)49-30-29-42-15-7-8-21-47(42)39-49/h1-41H. The zero-order chi connectivity index (χ0) is 41.7. The molecule has 0 heterocycles. The third-order valence-electron chi connectivity index (χ3n) is 12.8. The number of nitrogens with zero attached hydrogens (tertiary/aromatic N) is 1. The first-order valence-corrected chi connectivity index (χ1v) is 21.7. The van der Waals surface area contributed by atoms with Gasteiger partial charge >= 0.3 is 0 Å². The van der Waals surface area contributed by atoms with Gasteiger partial charge in [-0.25, -0.2) is 0 Å². The van der Waals surface area contributed by atoms with Gasteiger partial charge in [0.1, 0.15) is 0 Å². The Hall–Kier alpha value is -8.26. The third-order valence-corrected chi connectivity index (χ3v) is 12.8. The maximum atomic E-state index is 2.43. The van der Waals surface area contributed by atoms with E-state index >= 15 is 0 Å². The van der Waals surface area contributed by atoms with Crippen LogP contribution in [0.1, 0.15) is 0 Å². The minimum atomic E-state index is 1.10. The Bertz CT molecular complexity index is 3660. The highest BCUT2D eigenvalue weighted by Gasteiger charge is 2.20. The Labute approximate surface area is 367 Å². The fourth-order valence-corrected chi connectivity index (χ4v) is 9.82. The summed E-state index contributed by atoms with van der Waals surface area (Å²) in [5.41, 5.74) is 13.0. The smallest absolute Gasteiger partial charge is 0.0540 e. The molecular formula is C62H41N. The second-order valence-corrected chi connectivity index (χ2v) is 16.4. The summed E-state index contributed by atoms with van der Waals surface area (Å²) < 4.78 is 0. The van der Waals surface area contributed by atoms with Crippen molar-refractivity contribution in [1.82, 2.24) is 0 Å². The number of benzene rings is 12. The lowest BCUT2D eigenvalue weighted by atomic mass is 9.84. The van der Waals surface area contributed by atoms with Crippen molar-refractivity contribution in [3.8, 4) is 44.5 Å². The van der Waals surface area contributed by atoms with Crippen molar-refractivity contribution in [2.45, 2.75) is 0 Å². The van der Waals surface area contributed by atoms with Crippen LogP contribution < -0.4 is 4.90 Å². The van der Waals surface area contributed by atoms with E-state index in [1.807, 2.05) is 0 Å². The number of fused-ring (bicyclic) bond motifs is 7. The molecule has 12 aromatic rings. The van der Waals surface area contributed by atoms with Crippen molar-refractivity contribution in [2.75, 3.05) is 4.90 Å². The van der Waals surface area contributed by atoms with Crippen molar-refractivity contribution < 1.29 is 0 Å². The molecule has 12 aromatic carbocycles. The molecule has 294 valence electrons. The van der Waals surface area contributed by atoms with Gasteiger partial charge in [0.15, 0.2) is 0 Å². The lowest BCUT2D eigenvalue weighted by Crippen LogP contribution is -2.10. The molecule has 0 radical (unpaired) electrons. The van der Waals surface area contributed by atoms with E-state index in [1.54, 1.807) is 0 Å². The Morgan fingerprint density at radius 1 is 0.206 bits per heavy atom. The van der Waals surface area contributed by atoms with Gasteiger partial charge in [-0.15, -0.1) is 0 Å². The van der Waals surface area contributed by atoms with Crippen LogP contribution in [0.2, 0.25) is 0 Å². The van der Waals surface area contributed by atoms with Gasteiger partial charge in [0.25, 0.3) is 0 Å². The summed E-state index contributed by atoms with van der Waals surface area (Å²) >= 11 is 0. The number of anilines is 3. The van der Waals surface area contributed by atoms with Crippen molar-refractivity contribution >= 4 is 70.9 Å². The molecule has 0 atom stereocenters. The number of hydrogen-bond donors (Lipinski definition) is 0. The molecule has 0 N–H and O–H groups in total. The molecule has 1 nitrogen and oxygen atoms in total. The second kappa shape index (κ2) is 15.3. The summed E-state index contributed by atoms with van der Waals surface area (Å²) in [6, 6.07) is 91.1. The molecule has 0 saturated heterocycles. The molecule has 0 unspecified atom stereocenters. The van der Waals surface area contributed by atoms with Crippen LogP contribution in [-0.4, -0.2) is 0 Å². The lowest BCUT2D eigenvalue weighted by Gasteiger charge is -2.28. The molecule has 0 spiro atoms. The van der Waals surface area contributed by atoms with E-state index in [0.29, 0.717) is 0 Å². The van der Waals surface area contributed by atoms with Crippen LogP contribution in [0.4, 0.5) is 17.1 Å². The van der Waals surface area contributed by atoms with Crippen molar-refractivity contribution in [3.05, 3.63) is 249 Å². The fourth-order valence-electron chi connectivity index (χ4n) is 9.82. The van der Waals surface area contributed by atoms with Gasteiger partial charge in [-0.2, -0.15) is 0 Å². The molecule has 0 bridgehead atoms. The van der Waals surface area contributed by atoms with E-state index in [4.69, 9.17) is 0 Å². The quantitative estimate of drug-likeness (QED) is 0.145. The van der Waals surface area contributed by atoms with E-state index in [0.717, 1.165) is 17.1 Å². The van der Waals surface area contributed by atoms with E-state index in [2.05, 4.69) is 254 Å². The average molecular weight is 800 g/mol. The SMILES string of the molecule is c1ccc(-c2c(-c3ccccc3)c3cc(-c4ccc(N(c5cccc(-c6ccc7ccccc7c6)c5)c5cccc6c5ccc5ccccc56)cc4)ccc3c3ccccc23)cc1. The Morgan fingerprint density at radius 3 is 1.48 bits per heavy atom. The zero-order valence-corrected chi connectivity index (χ0v) is 34.6. The van der Waals surface area contributed by atoms with Gasteiger partial charge in [-0.3, -0.25) is 0 Å². The molecular weight excluding hydrogens is 759 g/mol. The maximum absolute atomic E-state index is 2.43. The van der Waals surface area contributed by atoms with Crippen LogP contribution in [0, 0.1) is 0 Å². The first-order valence-electron chi connectivity index (χ1n) is 21.7. The predicted octanol–water partition coefficient (Wildman–Crippen LogP) is 17.6. The normalized spacial score (nSPS) is 11.5. The molecule has 0 saturated carbocycles. The Kier molecular flexibility index (Phi) is 8.90. The molecule has 12 rings (SSSR count). The van der Waals surface area contributed by atoms with Gasteiger partial charge in [0.2, 0.25) is 0 Å². The Balaban J connectivity index is 1.03.